The number of nitrogens with one attached hydrogen (secondary N) is 1. The number of methoxy groups -OCH3 is 1. The molecule has 1 N–H and O–H groups in total. The Morgan fingerprint density at radius 1 is 1.06 bits per heavy atom. The Morgan fingerprint density at radius 2 is 1.75 bits per heavy atom. The quantitative estimate of drug-likeness (QED) is 0.379. The Hall–Kier alpha value is -3.45. The zero-order chi connectivity index (χ0) is 25.8. The summed E-state index contributed by atoms with van der Waals surface area (Å²) in [4.78, 5) is 40.1. The maximum absolute atomic E-state index is 13.6. The summed E-state index contributed by atoms with van der Waals surface area (Å²) in [6.07, 6.45) is 4.70. The number of rotatable bonds is 8. The van der Waals surface area contributed by atoms with E-state index in [-0.39, 0.29) is 24.3 Å². The number of hydrogen-bond donors (Lipinski definition) is 1. The number of fused-ring (bicyclic) bond motifs is 1. The molecule has 1 amide bonds. The van der Waals surface area contributed by atoms with Gasteiger partial charge in [-0.1, -0.05) is 31.2 Å². The Labute approximate surface area is 212 Å². The van der Waals surface area contributed by atoms with E-state index >= 15 is 0 Å². The molecule has 2 aromatic heterocycles. The van der Waals surface area contributed by atoms with Crippen LogP contribution >= 0.6 is 0 Å². The zero-order valence-electron chi connectivity index (χ0n) is 21.5. The average molecular weight is 490 g/mol. The highest BCUT2D eigenvalue weighted by Gasteiger charge is 2.24. The number of aromatic nitrogens is 1. The molecule has 1 aromatic carbocycles. The van der Waals surface area contributed by atoms with Crippen LogP contribution in [0.3, 0.4) is 0 Å². The highest BCUT2D eigenvalue weighted by Crippen LogP contribution is 2.27. The van der Waals surface area contributed by atoms with E-state index in [1.807, 2.05) is 43.4 Å². The number of amides is 1. The van der Waals surface area contributed by atoms with E-state index in [0.717, 1.165) is 37.0 Å². The molecule has 0 bridgehead atoms. The fourth-order valence-corrected chi connectivity index (χ4v) is 4.95. The summed E-state index contributed by atoms with van der Waals surface area (Å²) in [5.41, 5.74) is 4.73. The number of carbonyl (C=O) groups is 3. The summed E-state index contributed by atoms with van der Waals surface area (Å²) >= 11 is 0. The van der Waals surface area contributed by atoms with Gasteiger partial charge in [0.25, 0.3) is 5.91 Å². The van der Waals surface area contributed by atoms with Crippen molar-refractivity contribution in [3.05, 3.63) is 76.6 Å². The molecule has 0 radical (unpaired) electrons. The smallest absolute Gasteiger partial charge is 0.325 e. The number of hydrogen-bond acceptors (Lipinski definition) is 5. The molecule has 0 unspecified atom stereocenters. The summed E-state index contributed by atoms with van der Waals surface area (Å²) in [7, 11) is 1.31. The number of ether oxygens (including phenoxy) is 1. The second-order valence-corrected chi connectivity index (χ2v) is 9.66. The van der Waals surface area contributed by atoms with Gasteiger partial charge in [0.05, 0.1) is 12.8 Å². The van der Waals surface area contributed by atoms with E-state index in [4.69, 9.17) is 4.74 Å². The van der Waals surface area contributed by atoms with Crippen molar-refractivity contribution in [1.82, 2.24) is 14.6 Å². The number of piperidine rings is 1. The lowest BCUT2D eigenvalue weighted by atomic mass is 9.89. The molecule has 36 heavy (non-hydrogen) atoms. The fraction of sp³-hybridized carbons (Fsp3) is 0.414. The minimum Gasteiger partial charge on any atom is -0.468 e. The van der Waals surface area contributed by atoms with Crippen LogP contribution in [0, 0.1) is 0 Å². The first-order valence-corrected chi connectivity index (χ1v) is 12.7. The van der Waals surface area contributed by atoms with Gasteiger partial charge in [-0.2, -0.15) is 0 Å². The van der Waals surface area contributed by atoms with Gasteiger partial charge < -0.3 is 19.4 Å². The average Bonchev–Trinajstić information content (AvgIpc) is 3.29. The van der Waals surface area contributed by atoms with Gasteiger partial charge in [-0.15, -0.1) is 0 Å². The summed E-state index contributed by atoms with van der Waals surface area (Å²) in [6, 6.07) is 13.3. The van der Waals surface area contributed by atoms with Gasteiger partial charge in [-0.25, -0.2) is 0 Å². The van der Waals surface area contributed by atoms with Crippen molar-refractivity contribution < 1.29 is 19.1 Å². The molecule has 0 saturated carbocycles. The number of aryl methyl sites for hydroxylation is 1. The first-order valence-electron chi connectivity index (χ1n) is 12.7. The molecular formula is C29H35N3O4. The Morgan fingerprint density at radius 3 is 2.36 bits per heavy atom. The molecule has 1 aliphatic rings. The van der Waals surface area contributed by atoms with Crippen molar-refractivity contribution in [2.24, 2.45) is 0 Å². The summed E-state index contributed by atoms with van der Waals surface area (Å²) < 4.78 is 6.61. The lowest BCUT2D eigenvalue weighted by molar-refractivity contribution is -0.141. The highest BCUT2D eigenvalue weighted by atomic mass is 16.5. The monoisotopic (exact) mass is 489 g/mol. The van der Waals surface area contributed by atoms with Crippen LogP contribution in [-0.2, 0) is 16.0 Å². The van der Waals surface area contributed by atoms with Crippen LogP contribution in [-0.4, -0.2) is 59.7 Å². The molecule has 7 nitrogen and oxygen atoms in total. The van der Waals surface area contributed by atoms with Gasteiger partial charge in [0.1, 0.15) is 6.54 Å². The highest BCUT2D eigenvalue weighted by molar-refractivity contribution is 6.10. The van der Waals surface area contributed by atoms with Gasteiger partial charge >= 0.3 is 5.97 Å². The molecule has 0 spiro atoms. The topological polar surface area (TPSA) is 80.1 Å². The van der Waals surface area contributed by atoms with Crippen molar-refractivity contribution in [2.75, 3.05) is 26.7 Å². The first-order chi connectivity index (χ1) is 17.3. The lowest BCUT2D eigenvalue weighted by Crippen LogP contribution is -2.41. The van der Waals surface area contributed by atoms with Crippen molar-refractivity contribution >= 4 is 23.2 Å². The lowest BCUT2D eigenvalue weighted by Gasteiger charge is -2.25. The molecule has 1 fully saturated rings. The van der Waals surface area contributed by atoms with E-state index in [2.05, 4.69) is 17.4 Å². The van der Waals surface area contributed by atoms with E-state index in [1.54, 1.807) is 18.3 Å². The summed E-state index contributed by atoms with van der Waals surface area (Å²) in [5.74, 6) is -0.208. The zero-order valence-corrected chi connectivity index (χ0v) is 21.5. The predicted octanol–water partition coefficient (Wildman–Crippen LogP) is 4.22. The molecule has 190 valence electrons. The minimum atomic E-state index is -0.465. The molecule has 3 aromatic rings. The van der Waals surface area contributed by atoms with Crippen molar-refractivity contribution in [2.45, 2.75) is 52.0 Å². The van der Waals surface area contributed by atoms with Gasteiger partial charge in [0.2, 0.25) is 5.78 Å². The van der Waals surface area contributed by atoms with Crippen molar-refractivity contribution in [3.8, 4) is 0 Å². The van der Waals surface area contributed by atoms with E-state index in [1.165, 1.54) is 17.6 Å². The van der Waals surface area contributed by atoms with Crippen LogP contribution in [0.2, 0.25) is 0 Å². The molecule has 0 atom stereocenters. The SMILES string of the molecule is CCc1cc2cc(C(=O)N(CC(=O)OC)C(C)C)ccn2c1C(=O)c1ccc(C2CCNCC2)cc1. The predicted molar refractivity (Wildman–Crippen MR) is 140 cm³/mol. The van der Waals surface area contributed by atoms with Crippen LogP contribution < -0.4 is 5.32 Å². The minimum absolute atomic E-state index is 0.0303. The van der Waals surface area contributed by atoms with Gasteiger partial charge in [0.15, 0.2) is 0 Å². The molecule has 4 rings (SSSR count). The van der Waals surface area contributed by atoms with Gasteiger partial charge in [-0.3, -0.25) is 14.4 Å². The number of pyridine rings is 1. The third kappa shape index (κ3) is 5.21. The Kier molecular flexibility index (Phi) is 7.89. The fourth-order valence-electron chi connectivity index (χ4n) is 4.95. The first kappa shape index (κ1) is 25.6. The van der Waals surface area contributed by atoms with Gasteiger partial charge in [0, 0.05) is 28.9 Å². The number of nitrogens with zero attached hydrogens (tertiary/aromatic N) is 2. The standard InChI is InChI=1S/C29H35N3O4/c1-5-20-16-25-17-24(29(35)32(19(2)3)18-26(33)36-4)12-15-31(25)27(20)28(34)23-8-6-21(7-9-23)22-10-13-30-14-11-22/h6-9,12,15-17,19,22,30H,5,10-11,13-14,18H2,1-4H3. The molecule has 3 heterocycles. The second kappa shape index (κ2) is 11.1. The number of benzene rings is 1. The summed E-state index contributed by atoms with van der Waals surface area (Å²) in [6.45, 7) is 7.69. The number of ketones is 1. The maximum atomic E-state index is 13.6. The van der Waals surface area contributed by atoms with Crippen LogP contribution in [0.15, 0.2) is 48.7 Å². The largest absolute Gasteiger partial charge is 0.468 e. The maximum Gasteiger partial charge on any atom is 0.325 e. The number of carbonyl (C=O) groups excluding carboxylic acids is 3. The summed E-state index contributed by atoms with van der Waals surface area (Å²) in [5, 5.41) is 3.39. The normalized spacial score (nSPS) is 14.2. The van der Waals surface area contributed by atoms with Gasteiger partial charge in [-0.05, 0) is 81.4 Å². The molecule has 1 aliphatic heterocycles. The molecule has 7 heteroatoms. The molecular weight excluding hydrogens is 454 g/mol. The van der Waals surface area contributed by atoms with E-state index in [0.29, 0.717) is 29.2 Å². The van der Waals surface area contributed by atoms with Crippen molar-refractivity contribution in [1.29, 1.82) is 0 Å². The number of esters is 1. The van der Waals surface area contributed by atoms with Crippen molar-refractivity contribution in [3.63, 3.8) is 0 Å². The van der Waals surface area contributed by atoms with E-state index < -0.39 is 5.97 Å². The second-order valence-electron chi connectivity index (χ2n) is 9.66. The van der Waals surface area contributed by atoms with E-state index in [9.17, 15) is 14.4 Å². The Bertz CT molecular complexity index is 1250. The van der Waals surface area contributed by atoms with Crippen LogP contribution in [0.5, 0.6) is 0 Å². The molecule has 1 saturated heterocycles. The van der Waals surface area contributed by atoms with Crippen LogP contribution in [0.4, 0.5) is 0 Å². The third-order valence-electron chi connectivity index (χ3n) is 7.09. The Balaban J connectivity index is 1.63. The third-order valence-corrected chi connectivity index (χ3v) is 7.09. The van der Waals surface area contributed by atoms with Crippen LogP contribution in [0.25, 0.3) is 5.52 Å². The molecule has 0 aliphatic carbocycles. The van der Waals surface area contributed by atoms with Crippen LogP contribution in [0.1, 0.15) is 77.1 Å².